The summed E-state index contributed by atoms with van der Waals surface area (Å²) in [6.45, 7) is 3.65. The van der Waals surface area contributed by atoms with Gasteiger partial charge < -0.3 is 15.9 Å². The van der Waals surface area contributed by atoms with Crippen LogP contribution in [-0.4, -0.2) is 16.2 Å². The largest absolute Gasteiger partial charge is 0.507 e. The second-order valence-electron chi connectivity index (χ2n) is 2.84. The van der Waals surface area contributed by atoms with Gasteiger partial charge in [0, 0.05) is 12.1 Å². The van der Waals surface area contributed by atoms with Crippen LogP contribution in [-0.2, 0) is 11.3 Å². The van der Waals surface area contributed by atoms with Crippen LogP contribution in [0.2, 0.25) is 0 Å². The number of phenols is 1. The van der Waals surface area contributed by atoms with E-state index in [1.54, 1.807) is 6.07 Å². The van der Waals surface area contributed by atoms with Crippen LogP contribution < -0.4 is 5.73 Å². The number of aliphatic carboxylic acids is 1. The lowest BCUT2D eigenvalue weighted by atomic mass is 10.0. The fourth-order valence-electron chi connectivity index (χ4n) is 1.07. The highest BCUT2D eigenvalue weighted by Gasteiger charge is 2.11. The first-order valence-corrected chi connectivity index (χ1v) is 4.00. The minimum atomic E-state index is -1.15. The van der Waals surface area contributed by atoms with Gasteiger partial charge >= 0.3 is 5.97 Å². The number of hydrogen-bond acceptors (Lipinski definition) is 3. The van der Waals surface area contributed by atoms with E-state index in [-0.39, 0.29) is 16.9 Å². The molecule has 0 saturated carbocycles. The Morgan fingerprint density at radius 1 is 1.50 bits per heavy atom. The van der Waals surface area contributed by atoms with Gasteiger partial charge in [0.1, 0.15) is 5.75 Å². The predicted molar refractivity (Wildman–Crippen MR) is 52.7 cm³/mol. The van der Waals surface area contributed by atoms with E-state index in [9.17, 15) is 9.90 Å². The molecule has 0 amide bonds. The summed E-state index contributed by atoms with van der Waals surface area (Å²) in [5, 5.41) is 18.1. The molecule has 0 aromatic heterocycles. The Labute approximate surface area is 81.3 Å². The Morgan fingerprint density at radius 2 is 2.14 bits per heavy atom. The zero-order valence-corrected chi connectivity index (χ0v) is 7.53. The van der Waals surface area contributed by atoms with Crippen molar-refractivity contribution in [2.24, 2.45) is 5.73 Å². The number of carbonyl (C=O) groups is 1. The van der Waals surface area contributed by atoms with Crippen molar-refractivity contribution in [2.45, 2.75) is 6.54 Å². The Balaban J connectivity index is 3.12. The van der Waals surface area contributed by atoms with Gasteiger partial charge in [-0.15, -0.1) is 0 Å². The molecule has 4 nitrogen and oxygen atoms in total. The molecule has 0 aliphatic carbocycles. The van der Waals surface area contributed by atoms with E-state index in [0.29, 0.717) is 6.54 Å². The van der Waals surface area contributed by atoms with E-state index in [0.717, 1.165) is 5.56 Å². The van der Waals surface area contributed by atoms with Gasteiger partial charge in [-0.1, -0.05) is 18.7 Å². The van der Waals surface area contributed by atoms with Crippen LogP contribution in [0.4, 0.5) is 0 Å². The summed E-state index contributed by atoms with van der Waals surface area (Å²) < 4.78 is 0. The van der Waals surface area contributed by atoms with Crippen molar-refractivity contribution >= 4 is 11.5 Å². The van der Waals surface area contributed by atoms with Crippen LogP contribution >= 0.6 is 0 Å². The summed E-state index contributed by atoms with van der Waals surface area (Å²) in [4.78, 5) is 10.6. The summed E-state index contributed by atoms with van der Waals surface area (Å²) in [6.07, 6.45) is 0. The standard InChI is InChI=1S/C10H11NO3/c1-6(10(13)14)8-3-2-7(5-11)4-9(8)12/h2-4,12H,1,5,11H2,(H,13,14). The van der Waals surface area contributed by atoms with Gasteiger partial charge in [0.2, 0.25) is 0 Å². The number of rotatable bonds is 3. The first-order chi connectivity index (χ1) is 6.56. The number of nitrogens with two attached hydrogens (primary N) is 1. The zero-order valence-electron chi connectivity index (χ0n) is 7.53. The average Bonchev–Trinajstić information content (AvgIpc) is 2.16. The van der Waals surface area contributed by atoms with Gasteiger partial charge in [0.15, 0.2) is 0 Å². The predicted octanol–water partition coefficient (Wildman–Crippen LogP) is 0.949. The molecule has 14 heavy (non-hydrogen) atoms. The van der Waals surface area contributed by atoms with Crippen LogP contribution in [0, 0.1) is 0 Å². The molecule has 0 spiro atoms. The molecule has 1 aromatic carbocycles. The fourth-order valence-corrected chi connectivity index (χ4v) is 1.07. The van der Waals surface area contributed by atoms with E-state index in [2.05, 4.69) is 6.58 Å². The first-order valence-electron chi connectivity index (χ1n) is 4.00. The van der Waals surface area contributed by atoms with Gasteiger partial charge in [-0.25, -0.2) is 4.79 Å². The minimum Gasteiger partial charge on any atom is -0.507 e. The van der Waals surface area contributed by atoms with Gasteiger partial charge in [0.25, 0.3) is 0 Å². The Hall–Kier alpha value is -1.81. The monoisotopic (exact) mass is 193 g/mol. The molecular formula is C10H11NO3. The fraction of sp³-hybridized carbons (Fsp3) is 0.100. The second-order valence-corrected chi connectivity index (χ2v) is 2.84. The van der Waals surface area contributed by atoms with Gasteiger partial charge in [-0.3, -0.25) is 0 Å². The third kappa shape index (κ3) is 1.92. The summed E-state index contributed by atoms with van der Waals surface area (Å²) in [5.41, 5.74) is 6.18. The van der Waals surface area contributed by atoms with Crippen LogP contribution in [0.5, 0.6) is 5.75 Å². The van der Waals surface area contributed by atoms with E-state index in [4.69, 9.17) is 10.8 Å². The smallest absolute Gasteiger partial charge is 0.335 e. The molecule has 0 fully saturated rings. The second kappa shape index (κ2) is 3.93. The molecular weight excluding hydrogens is 182 g/mol. The highest BCUT2D eigenvalue weighted by atomic mass is 16.4. The summed E-state index contributed by atoms with van der Waals surface area (Å²) in [5.74, 6) is -1.26. The molecule has 1 aromatic rings. The maximum atomic E-state index is 10.6. The topological polar surface area (TPSA) is 83.5 Å². The van der Waals surface area contributed by atoms with Gasteiger partial charge in [-0.05, 0) is 11.6 Å². The number of hydrogen-bond donors (Lipinski definition) is 3. The number of aromatic hydroxyl groups is 1. The Bertz CT molecular complexity index is 385. The summed E-state index contributed by atoms with van der Waals surface area (Å²) in [7, 11) is 0. The van der Waals surface area contributed by atoms with Crippen molar-refractivity contribution in [3.05, 3.63) is 35.9 Å². The Morgan fingerprint density at radius 3 is 2.57 bits per heavy atom. The zero-order chi connectivity index (χ0) is 10.7. The molecule has 0 saturated heterocycles. The number of benzene rings is 1. The van der Waals surface area contributed by atoms with Crippen molar-refractivity contribution in [2.75, 3.05) is 0 Å². The number of carboxylic acid groups (broad SMARTS) is 1. The molecule has 1 rings (SSSR count). The summed E-state index contributed by atoms with van der Waals surface area (Å²) >= 11 is 0. The number of phenolic OH excluding ortho intramolecular Hbond substituents is 1. The van der Waals surface area contributed by atoms with E-state index >= 15 is 0 Å². The van der Waals surface area contributed by atoms with Crippen LogP contribution in [0.1, 0.15) is 11.1 Å². The van der Waals surface area contributed by atoms with Crippen molar-refractivity contribution in [1.29, 1.82) is 0 Å². The molecule has 0 aliphatic rings. The third-order valence-electron chi connectivity index (χ3n) is 1.88. The van der Waals surface area contributed by atoms with Crippen LogP contribution in [0.25, 0.3) is 5.57 Å². The summed E-state index contributed by atoms with van der Waals surface area (Å²) in [6, 6.07) is 4.58. The third-order valence-corrected chi connectivity index (χ3v) is 1.88. The maximum Gasteiger partial charge on any atom is 0.335 e. The lowest BCUT2D eigenvalue weighted by molar-refractivity contribution is -0.130. The minimum absolute atomic E-state index is 0.111. The van der Waals surface area contributed by atoms with Crippen molar-refractivity contribution in [1.82, 2.24) is 0 Å². The van der Waals surface area contributed by atoms with Crippen molar-refractivity contribution in [3.63, 3.8) is 0 Å². The molecule has 0 unspecified atom stereocenters. The van der Waals surface area contributed by atoms with Crippen molar-refractivity contribution in [3.8, 4) is 5.75 Å². The lowest BCUT2D eigenvalue weighted by Gasteiger charge is -2.05. The SMILES string of the molecule is C=C(C(=O)O)c1ccc(CN)cc1O. The lowest BCUT2D eigenvalue weighted by Crippen LogP contribution is -2.00. The number of carboxylic acids is 1. The molecule has 0 atom stereocenters. The molecule has 0 aliphatic heterocycles. The quantitative estimate of drug-likeness (QED) is 0.624. The molecule has 0 heterocycles. The van der Waals surface area contributed by atoms with E-state index < -0.39 is 5.97 Å². The molecule has 0 bridgehead atoms. The van der Waals surface area contributed by atoms with Gasteiger partial charge in [-0.2, -0.15) is 0 Å². The molecule has 4 heteroatoms. The van der Waals surface area contributed by atoms with Crippen LogP contribution in [0.3, 0.4) is 0 Å². The van der Waals surface area contributed by atoms with E-state index in [1.165, 1.54) is 12.1 Å². The normalized spacial score (nSPS) is 9.79. The average molecular weight is 193 g/mol. The maximum absolute atomic E-state index is 10.6. The molecule has 74 valence electrons. The van der Waals surface area contributed by atoms with Crippen molar-refractivity contribution < 1.29 is 15.0 Å². The van der Waals surface area contributed by atoms with Crippen LogP contribution in [0.15, 0.2) is 24.8 Å². The molecule has 4 N–H and O–H groups in total. The van der Waals surface area contributed by atoms with Gasteiger partial charge in [0.05, 0.1) is 5.57 Å². The highest BCUT2D eigenvalue weighted by Crippen LogP contribution is 2.25. The first kappa shape index (κ1) is 10.3. The van der Waals surface area contributed by atoms with E-state index in [1.807, 2.05) is 0 Å². The molecule has 0 radical (unpaired) electrons. The highest BCUT2D eigenvalue weighted by molar-refractivity contribution is 6.15. The Kier molecular flexibility index (Phi) is 2.89.